The first-order chi connectivity index (χ1) is 15.0. The van der Waals surface area contributed by atoms with E-state index in [-0.39, 0.29) is 17.1 Å². The molecule has 0 bridgehead atoms. The van der Waals surface area contributed by atoms with Gasteiger partial charge in [0.25, 0.3) is 0 Å². The molecule has 5 rings (SSSR count). The van der Waals surface area contributed by atoms with Crippen LogP contribution in [0.2, 0.25) is 0 Å². The van der Waals surface area contributed by atoms with Crippen molar-refractivity contribution in [2.24, 2.45) is 5.41 Å². The first-order valence-electron chi connectivity index (χ1n) is 10.7. The summed E-state index contributed by atoms with van der Waals surface area (Å²) < 4.78 is 19.9. The van der Waals surface area contributed by atoms with Crippen LogP contribution in [0.3, 0.4) is 0 Å². The molecule has 1 atom stereocenters. The zero-order valence-corrected chi connectivity index (χ0v) is 17.6. The standard InChI is InChI=1S/C24H25FN4O2/c1-17-21(27-22(31-17)19-7-2-3-8-20(19)25)15-28-12-9-24(16-28)10-13-29(23(24)30)14-18-6-4-5-11-26-18/h2-8,11H,9-10,12-16H2,1H3. The van der Waals surface area contributed by atoms with E-state index in [1.54, 1.807) is 24.4 Å². The molecule has 31 heavy (non-hydrogen) atoms. The summed E-state index contributed by atoms with van der Waals surface area (Å²) in [5.74, 6) is 0.872. The summed E-state index contributed by atoms with van der Waals surface area (Å²) in [5, 5.41) is 0. The molecule has 1 unspecified atom stereocenters. The average Bonchev–Trinajstić information content (AvgIpc) is 3.44. The molecule has 3 aromatic rings. The first-order valence-corrected chi connectivity index (χ1v) is 10.7. The lowest BCUT2D eigenvalue weighted by atomic mass is 9.85. The van der Waals surface area contributed by atoms with E-state index in [1.165, 1.54) is 6.07 Å². The maximum atomic E-state index is 14.1. The van der Waals surface area contributed by atoms with Gasteiger partial charge in [-0.1, -0.05) is 18.2 Å². The molecule has 2 aromatic heterocycles. The van der Waals surface area contributed by atoms with E-state index in [0.717, 1.165) is 37.3 Å². The molecule has 2 saturated heterocycles. The molecule has 2 aliphatic heterocycles. The van der Waals surface area contributed by atoms with Crippen molar-refractivity contribution < 1.29 is 13.6 Å². The third-order valence-electron chi connectivity index (χ3n) is 6.48. The number of carbonyl (C=O) groups is 1. The second-order valence-electron chi connectivity index (χ2n) is 8.54. The Balaban J connectivity index is 1.26. The largest absolute Gasteiger partial charge is 0.441 e. The third-order valence-corrected chi connectivity index (χ3v) is 6.48. The van der Waals surface area contributed by atoms with Crippen LogP contribution in [-0.4, -0.2) is 45.3 Å². The number of rotatable bonds is 5. The van der Waals surface area contributed by atoms with Crippen molar-refractivity contribution in [3.63, 3.8) is 0 Å². The van der Waals surface area contributed by atoms with Crippen LogP contribution in [0.15, 0.2) is 53.1 Å². The lowest BCUT2D eigenvalue weighted by Gasteiger charge is -2.23. The van der Waals surface area contributed by atoms with Gasteiger partial charge < -0.3 is 9.32 Å². The Morgan fingerprint density at radius 3 is 2.71 bits per heavy atom. The predicted molar refractivity (Wildman–Crippen MR) is 113 cm³/mol. The summed E-state index contributed by atoms with van der Waals surface area (Å²) in [5.41, 5.74) is 1.76. The molecule has 2 fully saturated rings. The molecule has 1 aromatic carbocycles. The number of amides is 1. The Hall–Kier alpha value is -3.06. The van der Waals surface area contributed by atoms with Crippen LogP contribution in [0.4, 0.5) is 4.39 Å². The SMILES string of the molecule is Cc1oc(-c2ccccc2F)nc1CN1CCC2(CCN(Cc3ccccn3)C2=O)C1. The first kappa shape index (κ1) is 19.9. The number of halogens is 1. The number of benzene rings is 1. The van der Waals surface area contributed by atoms with E-state index in [9.17, 15) is 9.18 Å². The second kappa shape index (κ2) is 7.89. The van der Waals surface area contributed by atoms with Crippen LogP contribution in [0.1, 0.15) is 30.0 Å². The minimum absolute atomic E-state index is 0.226. The summed E-state index contributed by atoms with van der Waals surface area (Å²) >= 11 is 0. The summed E-state index contributed by atoms with van der Waals surface area (Å²) in [4.78, 5) is 26.3. The summed E-state index contributed by atoms with van der Waals surface area (Å²) in [6.45, 7) is 5.34. The van der Waals surface area contributed by atoms with Gasteiger partial charge in [-0.15, -0.1) is 0 Å². The molecule has 2 aliphatic rings. The van der Waals surface area contributed by atoms with Gasteiger partial charge in [-0.2, -0.15) is 0 Å². The monoisotopic (exact) mass is 420 g/mol. The van der Waals surface area contributed by atoms with E-state index in [2.05, 4.69) is 14.9 Å². The smallest absolute Gasteiger partial charge is 0.230 e. The number of nitrogens with zero attached hydrogens (tertiary/aromatic N) is 4. The fourth-order valence-electron chi connectivity index (χ4n) is 4.74. The van der Waals surface area contributed by atoms with Crippen molar-refractivity contribution in [2.45, 2.75) is 32.9 Å². The highest BCUT2D eigenvalue weighted by Gasteiger charge is 2.50. The number of carbonyl (C=O) groups excluding carboxylic acids is 1. The average molecular weight is 420 g/mol. The normalized spacial score (nSPS) is 21.5. The maximum absolute atomic E-state index is 14.1. The molecule has 1 spiro atoms. The topological polar surface area (TPSA) is 62.5 Å². The molecular weight excluding hydrogens is 395 g/mol. The van der Waals surface area contributed by atoms with Crippen molar-refractivity contribution in [3.05, 3.63) is 71.6 Å². The molecule has 0 radical (unpaired) electrons. The Labute approximate surface area is 180 Å². The van der Waals surface area contributed by atoms with Gasteiger partial charge in [0.2, 0.25) is 11.8 Å². The molecular formula is C24H25FN4O2. The van der Waals surface area contributed by atoms with Crippen molar-refractivity contribution in [2.75, 3.05) is 19.6 Å². The summed E-state index contributed by atoms with van der Waals surface area (Å²) in [6, 6.07) is 12.3. The molecule has 0 N–H and O–H groups in total. The van der Waals surface area contributed by atoms with Crippen molar-refractivity contribution in [1.29, 1.82) is 0 Å². The van der Waals surface area contributed by atoms with E-state index in [0.29, 0.717) is 36.8 Å². The number of hydrogen-bond acceptors (Lipinski definition) is 5. The van der Waals surface area contributed by atoms with Gasteiger partial charge in [0.05, 0.1) is 28.9 Å². The van der Waals surface area contributed by atoms with Gasteiger partial charge in [0.1, 0.15) is 11.6 Å². The van der Waals surface area contributed by atoms with Crippen LogP contribution >= 0.6 is 0 Å². The van der Waals surface area contributed by atoms with Gasteiger partial charge in [0, 0.05) is 25.8 Å². The Kier molecular flexibility index (Phi) is 5.06. The lowest BCUT2D eigenvalue weighted by molar-refractivity contribution is -0.136. The fourth-order valence-corrected chi connectivity index (χ4v) is 4.74. The molecule has 0 aliphatic carbocycles. The van der Waals surface area contributed by atoms with Crippen LogP contribution in [0.25, 0.3) is 11.5 Å². The predicted octanol–water partition coefficient (Wildman–Crippen LogP) is 3.81. The van der Waals surface area contributed by atoms with E-state index >= 15 is 0 Å². The van der Waals surface area contributed by atoms with Crippen LogP contribution in [-0.2, 0) is 17.9 Å². The quantitative estimate of drug-likeness (QED) is 0.628. The molecule has 160 valence electrons. The van der Waals surface area contributed by atoms with Crippen molar-refractivity contribution >= 4 is 5.91 Å². The zero-order valence-electron chi connectivity index (χ0n) is 17.6. The Bertz CT molecular complexity index is 1100. The van der Waals surface area contributed by atoms with Gasteiger partial charge in [0.15, 0.2) is 0 Å². The Morgan fingerprint density at radius 2 is 1.90 bits per heavy atom. The van der Waals surface area contributed by atoms with E-state index in [4.69, 9.17) is 4.42 Å². The highest BCUT2D eigenvalue weighted by Crippen LogP contribution is 2.41. The van der Waals surface area contributed by atoms with Crippen molar-refractivity contribution in [1.82, 2.24) is 19.8 Å². The lowest BCUT2D eigenvalue weighted by Crippen LogP contribution is -2.36. The van der Waals surface area contributed by atoms with Crippen LogP contribution < -0.4 is 0 Å². The highest BCUT2D eigenvalue weighted by atomic mass is 19.1. The van der Waals surface area contributed by atoms with Gasteiger partial charge in [-0.05, 0) is 50.6 Å². The Morgan fingerprint density at radius 1 is 1.10 bits per heavy atom. The van der Waals surface area contributed by atoms with Gasteiger partial charge in [-0.3, -0.25) is 14.7 Å². The maximum Gasteiger partial charge on any atom is 0.230 e. The number of hydrogen-bond donors (Lipinski definition) is 0. The zero-order chi connectivity index (χ0) is 21.4. The summed E-state index contributed by atoms with van der Waals surface area (Å²) in [6.07, 6.45) is 3.48. The van der Waals surface area contributed by atoms with Crippen molar-refractivity contribution in [3.8, 4) is 11.5 Å². The third kappa shape index (κ3) is 3.74. The second-order valence-corrected chi connectivity index (χ2v) is 8.54. The van der Waals surface area contributed by atoms with Crippen LogP contribution in [0.5, 0.6) is 0 Å². The molecule has 0 saturated carbocycles. The minimum Gasteiger partial charge on any atom is -0.441 e. The molecule has 7 heteroatoms. The fraction of sp³-hybridized carbons (Fsp3) is 0.375. The summed E-state index contributed by atoms with van der Waals surface area (Å²) in [7, 11) is 0. The van der Waals surface area contributed by atoms with Crippen LogP contribution in [0, 0.1) is 18.2 Å². The number of pyridine rings is 1. The number of oxazole rings is 1. The number of aromatic nitrogens is 2. The molecule has 6 nitrogen and oxygen atoms in total. The molecule has 1 amide bonds. The number of aryl methyl sites for hydroxylation is 1. The highest BCUT2D eigenvalue weighted by molar-refractivity contribution is 5.85. The molecule has 4 heterocycles. The minimum atomic E-state index is -0.347. The van der Waals surface area contributed by atoms with Gasteiger partial charge >= 0.3 is 0 Å². The van der Waals surface area contributed by atoms with E-state index < -0.39 is 0 Å². The van der Waals surface area contributed by atoms with E-state index in [1.807, 2.05) is 30.0 Å². The van der Waals surface area contributed by atoms with Gasteiger partial charge in [-0.25, -0.2) is 9.37 Å². The number of likely N-dealkylation sites (tertiary alicyclic amines) is 2.